The molecule has 3 rings (SSSR count). The molecule has 2 aromatic carbocycles. The van der Waals surface area contributed by atoms with Gasteiger partial charge in [0.15, 0.2) is 5.58 Å². The molecule has 3 nitrogen and oxygen atoms in total. The molecular weight excluding hydrogens is 755 g/mol. The molecule has 7 heteroatoms. The predicted octanol–water partition coefficient (Wildman–Crippen LogP) is -3.11. The molecule has 0 bridgehead atoms. The maximum Gasteiger partial charge on any atom is 2.00 e. The number of benzene rings is 2. The van der Waals surface area contributed by atoms with Gasteiger partial charge in [-0.1, -0.05) is 42.5 Å². The minimum atomic E-state index is 0. The minimum absolute atomic E-state index is 0. The average Bonchev–Trinajstić information content (AvgIpc) is 3.13. The van der Waals surface area contributed by atoms with E-state index < -0.39 is 0 Å². The molecule has 0 aliphatic heterocycles. The predicted molar refractivity (Wildman–Crippen MR) is 112 cm³/mol. The fourth-order valence-corrected chi connectivity index (χ4v) is 3.03. The summed E-state index contributed by atoms with van der Waals surface area (Å²) >= 11 is 0. The zero-order valence-electron chi connectivity index (χ0n) is 17.9. The van der Waals surface area contributed by atoms with Gasteiger partial charge in [0.1, 0.15) is 5.52 Å². The van der Waals surface area contributed by atoms with Crippen molar-refractivity contribution in [1.82, 2.24) is 4.98 Å². The third-order valence-electron chi connectivity index (χ3n) is 5.21. The Balaban J connectivity index is -0.000000497. The number of rotatable bonds is 6. The van der Waals surface area contributed by atoms with Crippen molar-refractivity contribution in [2.75, 3.05) is 26.2 Å². The Morgan fingerprint density at radius 2 is 1.23 bits per heavy atom. The molecule has 0 aliphatic rings. The quantitative estimate of drug-likeness (QED) is 0.248. The summed E-state index contributed by atoms with van der Waals surface area (Å²) in [7, 11) is 0. The topological polar surface area (TPSA) is 26.0 Å². The summed E-state index contributed by atoms with van der Waals surface area (Å²) < 4.78 is 6.87. The van der Waals surface area contributed by atoms with Crippen LogP contribution in [0, 0.1) is 0 Å². The molecule has 0 fully saturated rings. The molecule has 0 unspecified atom stereocenters. The summed E-state index contributed by atoms with van der Waals surface area (Å²) in [5.41, 5.74) is 2.84. The number of para-hydroxylation sites is 2. The maximum absolute atomic E-state index is 5.59. The summed E-state index contributed by atoms with van der Waals surface area (Å²) in [6.45, 7) is 14.2. The number of hydrogen-bond donors (Lipinski definition) is 0. The molecule has 1 heterocycles. The van der Waals surface area contributed by atoms with Crippen LogP contribution < -0.4 is 50.9 Å². The van der Waals surface area contributed by atoms with E-state index in [1.54, 1.807) is 0 Å². The van der Waals surface area contributed by atoms with Crippen molar-refractivity contribution in [3.05, 3.63) is 66.1 Å². The number of aromatic nitrogens is 1. The van der Waals surface area contributed by atoms with E-state index in [1.807, 2.05) is 66.7 Å². The molecule has 0 aliphatic carbocycles. The summed E-state index contributed by atoms with van der Waals surface area (Å²) in [5.74, 6) is 0.634. The van der Waals surface area contributed by atoms with Crippen LogP contribution in [0.2, 0.25) is 0 Å². The van der Waals surface area contributed by atoms with Gasteiger partial charge < -0.3 is 59.8 Å². The number of halogens is 3. The first kappa shape index (κ1) is 34.4. The van der Waals surface area contributed by atoms with Crippen LogP contribution >= 0.6 is 0 Å². The van der Waals surface area contributed by atoms with Gasteiger partial charge in [0.05, 0.1) is 26.2 Å². The first-order chi connectivity index (χ1) is 12.7. The van der Waals surface area contributed by atoms with Crippen LogP contribution in [0.25, 0.3) is 23.3 Å². The molecular formula is C23H31Br3N2OPt. The minimum Gasteiger partial charge on any atom is -1.00 e. The van der Waals surface area contributed by atoms with E-state index in [2.05, 4.69) is 32.7 Å². The first-order valence-electron chi connectivity index (χ1n) is 9.60. The van der Waals surface area contributed by atoms with E-state index in [0.29, 0.717) is 5.89 Å². The Morgan fingerprint density at radius 1 is 0.733 bits per heavy atom. The zero-order valence-corrected chi connectivity index (χ0v) is 25.0. The molecule has 1 aromatic heterocycles. The van der Waals surface area contributed by atoms with Gasteiger partial charge in [-0.2, -0.15) is 0 Å². The second kappa shape index (κ2) is 18.3. The van der Waals surface area contributed by atoms with E-state index in [4.69, 9.17) is 4.42 Å². The van der Waals surface area contributed by atoms with Gasteiger partial charge in [-0.15, -0.1) is 0 Å². The third kappa shape index (κ3) is 10.4. The van der Waals surface area contributed by atoms with Gasteiger partial charge in [-0.3, -0.25) is 0 Å². The van der Waals surface area contributed by atoms with E-state index >= 15 is 0 Å². The Morgan fingerprint density at radius 3 is 1.70 bits per heavy atom. The zero-order chi connectivity index (χ0) is 18.8. The van der Waals surface area contributed by atoms with E-state index in [-0.39, 0.29) is 72.0 Å². The van der Waals surface area contributed by atoms with Gasteiger partial charge >= 0.3 is 21.1 Å². The average molecular weight is 786 g/mol. The second-order valence-electron chi connectivity index (χ2n) is 6.37. The molecule has 0 saturated carbocycles. The van der Waals surface area contributed by atoms with Crippen molar-refractivity contribution in [3.8, 4) is 0 Å². The molecule has 3 aromatic rings. The third-order valence-corrected chi connectivity index (χ3v) is 5.21. The van der Waals surface area contributed by atoms with Gasteiger partial charge in [0, 0.05) is 6.08 Å². The number of quaternary nitrogens is 1. The van der Waals surface area contributed by atoms with Gasteiger partial charge in [0.25, 0.3) is 0 Å². The summed E-state index contributed by atoms with van der Waals surface area (Å²) in [6.07, 6.45) is 3.88. The molecule has 170 valence electrons. The molecule has 0 radical (unpaired) electrons. The van der Waals surface area contributed by atoms with Crippen molar-refractivity contribution in [1.29, 1.82) is 0 Å². The molecule has 0 saturated heterocycles. The number of hydrogen-bond acceptors (Lipinski definition) is 2. The summed E-state index contributed by atoms with van der Waals surface area (Å²) in [6, 6.07) is 17.8. The van der Waals surface area contributed by atoms with Crippen molar-refractivity contribution < 1.29 is 80.9 Å². The Hall–Kier alpha value is -0.262. The van der Waals surface area contributed by atoms with Crippen LogP contribution in [0.15, 0.2) is 59.0 Å². The van der Waals surface area contributed by atoms with Crippen molar-refractivity contribution in [2.45, 2.75) is 27.7 Å². The molecule has 0 amide bonds. The molecule has 30 heavy (non-hydrogen) atoms. The van der Waals surface area contributed by atoms with Crippen LogP contribution in [0.1, 0.15) is 39.1 Å². The summed E-state index contributed by atoms with van der Waals surface area (Å²) in [5, 5.41) is 0. The number of oxazole rings is 1. The molecule has 0 N–H and O–H groups in total. The van der Waals surface area contributed by atoms with Crippen molar-refractivity contribution in [3.63, 3.8) is 0 Å². The smallest absolute Gasteiger partial charge is 1.00 e. The monoisotopic (exact) mass is 783 g/mol. The first-order valence-corrected chi connectivity index (χ1v) is 9.60. The van der Waals surface area contributed by atoms with Crippen molar-refractivity contribution >= 4 is 23.3 Å². The fourth-order valence-electron chi connectivity index (χ4n) is 3.03. The Bertz CT molecular complexity index is 771. The maximum atomic E-state index is 5.59. The van der Waals surface area contributed by atoms with Crippen molar-refractivity contribution in [2.24, 2.45) is 0 Å². The van der Waals surface area contributed by atoms with E-state index in [9.17, 15) is 0 Å². The van der Waals surface area contributed by atoms with E-state index in [0.717, 1.165) is 16.7 Å². The standard InChI is InChI=1S/C15H11NO.C8H20N.3BrH.Pt/c1-2-6-12(7-3-1)10-11-15-16-13-8-4-5-9-14(13)17-15;1-5-9(6-2,7-3)8-4;;;;/h1-11H;5-8H2,1-4H3;3*1H;/q;+1;;;;+2/p-3/b11-10+;;;;;. The van der Waals surface area contributed by atoms with Crippen LogP contribution in [0.5, 0.6) is 0 Å². The second-order valence-corrected chi connectivity index (χ2v) is 6.37. The van der Waals surface area contributed by atoms with Gasteiger partial charge in [-0.25, -0.2) is 4.98 Å². The SMILES string of the molecule is C(=C\c1nc2ccccc2o1)/c1ccccc1.CC[N+](CC)(CC)CC.[Br-].[Br-].[Br-].[Pt+2]. The normalized spacial score (nSPS) is 10.0. The van der Waals surface area contributed by atoms with E-state index in [1.165, 1.54) is 30.7 Å². The molecule has 0 atom stereocenters. The van der Waals surface area contributed by atoms with Crippen LogP contribution in [0.4, 0.5) is 0 Å². The van der Waals surface area contributed by atoms with Crippen LogP contribution in [-0.4, -0.2) is 35.6 Å². The number of fused-ring (bicyclic) bond motifs is 1. The number of nitrogens with zero attached hydrogens (tertiary/aromatic N) is 2. The Kier molecular flexibility index (Phi) is 21.0. The van der Waals surface area contributed by atoms with Crippen LogP contribution in [0.3, 0.4) is 0 Å². The van der Waals surface area contributed by atoms with Gasteiger partial charge in [-0.05, 0) is 51.5 Å². The Labute approximate surface area is 227 Å². The van der Waals surface area contributed by atoms with Gasteiger partial charge in [0.2, 0.25) is 5.89 Å². The van der Waals surface area contributed by atoms with Crippen LogP contribution in [-0.2, 0) is 21.1 Å². The molecule has 0 spiro atoms. The summed E-state index contributed by atoms with van der Waals surface area (Å²) in [4.78, 5) is 4.37. The largest absolute Gasteiger partial charge is 2.00 e. The fraction of sp³-hybridized carbons (Fsp3) is 0.348.